The minimum Gasteiger partial charge on any atom is -0.461 e. The van der Waals surface area contributed by atoms with E-state index in [-0.39, 0.29) is 16.4 Å². The van der Waals surface area contributed by atoms with Crippen molar-refractivity contribution in [2.45, 2.75) is 39.5 Å². The Labute approximate surface area is 163 Å². The molecule has 0 N–H and O–H groups in total. The van der Waals surface area contributed by atoms with Crippen LogP contribution in [-0.2, 0) is 14.8 Å². The van der Waals surface area contributed by atoms with Crippen molar-refractivity contribution in [1.29, 1.82) is 0 Å². The normalized spacial score (nSPS) is 11.6. The van der Waals surface area contributed by atoms with Crippen molar-refractivity contribution >= 4 is 38.4 Å². The molecule has 0 aliphatic heterocycles. The van der Waals surface area contributed by atoms with Crippen LogP contribution in [0.4, 0.5) is 5.69 Å². The Morgan fingerprint density at radius 2 is 1.64 bits per heavy atom. The van der Waals surface area contributed by atoms with Gasteiger partial charge < -0.3 is 4.42 Å². The molecule has 1 aromatic heterocycles. The fourth-order valence-electron chi connectivity index (χ4n) is 3.45. The molecule has 2 aromatic carbocycles. The second-order valence-corrected chi connectivity index (χ2v) is 8.58. The third-order valence-electron chi connectivity index (χ3n) is 4.57. The van der Waals surface area contributed by atoms with Crippen LogP contribution in [0.3, 0.4) is 0 Å². The van der Waals surface area contributed by atoms with Crippen LogP contribution >= 0.6 is 0 Å². The summed E-state index contributed by atoms with van der Waals surface area (Å²) in [5.41, 5.74) is 2.47. The molecule has 0 saturated heterocycles. The number of carbonyl (C=O) groups excluding carboxylic acids is 2. The molecule has 0 fully saturated rings. The van der Waals surface area contributed by atoms with E-state index in [1.54, 1.807) is 32.0 Å². The maximum Gasteiger partial charge on any atom is 0.271 e. The van der Waals surface area contributed by atoms with Gasteiger partial charge in [-0.25, -0.2) is 12.7 Å². The van der Waals surface area contributed by atoms with Crippen LogP contribution in [0, 0.1) is 20.8 Å². The average Bonchev–Trinajstić information content (AvgIpc) is 2.89. The van der Waals surface area contributed by atoms with E-state index in [0.717, 1.165) is 9.87 Å². The zero-order valence-corrected chi connectivity index (χ0v) is 17.2. The third-order valence-corrected chi connectivity index (χ3v) is 6.53. The molecule has 3 rings (SSSR count). The molecule has 146 valence electrons. The number of hydrogen-bond acceptors (Lipinski definition) is 5. The average molecular weight is 399 g/mol. The van der Waals surface area contributed by atoms with E-state index in [2.05, 4.69) is 0 Å². The van der Waals surface area contributed by atoms with Gasteiger partial charge in [0.05, 0.1) is 16.1 Å². The van der Waals surface area contributed by atoms with Crippen molar-refractivity contribution in [2.24, 2.45) is 0 Å². The van der Waals surface area contributed by atoms with Crippen LogP contribution in [-0.4, -0.2) is 20.1 Å². The number of benzene rings is 2. The molecule has 1 amide bonds. The Hall–Kier alpha value is -2.93. The van der Waals surface area contributed by atoms with E-state index in [0.29, 0.717) is 27.9 Å². The topological polar surface area (TPSA) is 84.7 Å². The van der Waals surface area contributed by atoms with Crippen molar-refractivity contribution in [3.63, 3.8) is 0 Å². The molecule has 3 aromatic rings. The number of rotatable bonds is 4. The van der Waals surface area contributed by atoms with Gasteiger partial charge >= 0.3 is 0 Å². The zero-order chi connectivity index (χ0) is 20.8. The third kappa shape index (κ3) is 3.22. The van der Waals surface area contributed by atoms with Crippen LogP contribution in [0.1, 0.15) is 41.1 Å². The van der Waals surface area contributed by atoms with Crippen molar-refractivity contribution in [3.8, 4) is 0 Å². The van der Waals surface area contributed by atoms with E-state index in [4.69, 9.17) is 4.42 Å². The van der Waals surface area contributed by atoms with E-state index in [1.807, 2.05) is 6.92 Å². The summed E-state index contributed by atoms with van der Waals surface area (Å²) in [4.78, 5) is 24.4. The minimum absolute atomic E-state index is 0.0589. The van der Waals surface area contributed by atoms with Gasteiger partial charge in [-0.15, -0.1) is 0 Å². The standard InChI is InChI=1S/C21H21NO5S/c1-12-6-9-20(13(2)10-12)28(25,26)22(16(5)24)17-7-8-19-18(11-17)21(14(3)23)15(4)27-19/h6-11H,1-5H3. The van der Waals surface area contributed by atoms with Gasteiger partial charge in [0.1, 0.15) is 11.3 Å². The zero-order valence-electron chi connectivity index (χ0n) is 16.4. The number of furan rings is 1. The van der Waals surface area contributed by atoms with Crippen LogP contribution in [0.15, 0.2) is 45.7 Å². The smallest absolute Gasteiger partial charge is 0.271 e. The van der Waals surface area contributed by atoms with E-state index in [9.17, 15) is 18.0 Å². The first-order valence-electron chi connectivity index (χ1n) is 8.71. The lowest BCUT2D eigenvalue weighted by Gasteiger charge is -2.22. The van der Waals surface area contributed by atoms with Gasteiger partial charge in [-0.2, -0.15) is 0 Å². The van der Waals surface area contributed by atoms with Gasteiger partial charge in [-0.1, -0.05) is 17.7 Å². The summed E-state index contributed by atoms with van der Waals surface area (Å²) in [7, 11) is -4.13. The first-order chi connectivity index (χ1) is 13.0. The Morgan fingerprint density at radius 1 is 0.964 bits per heavy atom. The molecule has 0 unspecified atom stereocenters. The van der Waals surface area contributed by atoms with Gasteiger partial charge in [-0.05, 0) is 57.5 Å². The molecule has 0 saturated carbocycles. The Kier molecular flexibility index (Phi) is 4.89. The largest absolute Gasteiger partial charge is 0.461 e. The van der Waals surface area contributed by atoms with Gasteiger partial charge in [0.25, 0.3) is 10.0 Å². The fourth-order valence-corrected chi connectivity index (χ4v) is 5.08. The number of nitrogens with zero attached hydrogens (tertiary/aromatic N) is 1. The van der Waals surface area contributed by atoms with Gasteiger partial charge in [0, 0.05) is 12.3 Å². The quantitative estimate of drug-likeness (QED) is 0.611. The highest BCUT2D eigenvalue weighted by atomic mass is 32.2. The number of anilines is 1. The first-order valence-corrected chi connectivity index (χ1v) is 10.1. The number of aryl methyl sites for hydroxylation is 3. The molecule has 0 spiro atoms. The molecule has 0 bridgehead atoms. The summed E-state index contributed by atoms with van der Waals surface area (Å²) in [5, 5.41) is 0.476. The second-order valence-electron chi connectivity index (χ2n) is 6.83. The molecular formula is C21H21NO5S. The highest BCUT2D eigenvalue weighted by Crippen LogP contribution is 2.33. The van der Waals surface area contributed by atoms with E-state index in [1.165, 1.54) is 32.0 Å². The summed E-state index contributed by atoms with van der Waals surface area (Å²) in [6, 6.07) is 9.51. The Morgan fingerprint density at radius 3 is 2.21 bits per heavy atom. The highest BCUT2D eigenvalue weighted by Gasteiger charge is 2.30. The predicted octanol–water partition coefficient (Wildman–Crippen LogP) is 4.30. The SMILES string of the molecule is CC(=O)c1c(C)oc2ccc(N(C(C)=O)S(=O)(=O)c3ccc(C)cc3C)cc12. The van der Waals surface area contributed by atoms with Crippen molar-refractivity contribution in [1.82, 2.24) is 0 Å². The minimum atomic E-state index is -4.13. The molecule has 7 heteroatoms. The highest BCUT2D eigenvalue weighted by molar-refractivity contribution is 7.93. The molecule has 0 aliphatic carbocycles. The second kappa shape index (κ2) is 6.91. The maximum absolute atomic E-state index is 13.3. The van der Waals surface area contributed by atoms with Gasteiger partial charge in [0.15, 0.2) is 5.78 Å². The first kappa shape index (κ1) is 19.8. The van der Waals surface area contributed by atoms with Crippen LogP contribution in [0.5, 0.6) is 0 Å². The maximum atomic E-state index is 13.3. The summed E-state index contributed by atoms with van der Waals surface area (Å²) in [6.07, 6.45) is 0. The fraction of sp³-hybridized carbons (Fsp3) is 0.238. The molecule has 1 heterocycles. The number of Topliss-reactive ketones (excluding diaryl/α,β-unsaturated/α-hetero) is 1. The predicted molar refractivity (Wildman–Crippen MR) is 107 cm³/mol. The van der Waals surface area contributed by atoms with Crippen molar-refractivity contribution < 1.29 is 22.4 Å². The molecule has 28 heavy (non-hydrogen) atoms. The number of fused-ring (bicyclic) bond motifs is 1. The van der Waals surface area contributed by atoms with E-state index >= 15 is 0 Å². The lowest BCUT2D eigenvalue weighted by atomic mass is 10.1. The van der Waals surface area contributed by atoms with Crippen molar-refractivity contribution in [2.75, 3.05) is 4.31 Å². The van der Waals surface area contributed by atoms with E-state index < -0.39 is 15.9 Å². The summed E-state index contributed by atoms with van der Waals surface area (Å²) < 4.78 is 32.9. The Balaban J connectivity index is 2.24. The lowest BCUT2D eigenvalue weighted by Crippen LogP contribution is -2.35. The summed E-state index contributed by atoms with van der Waals surface area (Å²) in [6.45, 7) is 7.84. The molecular weight excluding hydrogens is 378 g/mol. The molecule has 6 nitrogen and oxygen atoms in total. The van der Waals surface area contributed by atoms with Gasteiger partial charge in [0.2, 0.25) is 5.91 Å². The lowest BCUT2D eigenvalue weighted by molar-refractivity contribution is -0.115. The number of hydrogen-bond donors (Lipinski definition) is 0. The van der Waals surface area contributed by atoms with Crippen LogP contribution in [0.25, 0.3) is 11.0 Å². The number of amides is 1. The molecule has 0 radical (unpaired) electrons. The summed E-state index contributed by atoms with van der Waals surface area (Å²) >= 11 is 0. The Bertz CT molecular complexity index is 1220. The van der Waals surface area contributed by atoms with Gasteiger partial charge in [-0.3, -0.25) is 9.59 Å². The molecule has 0 aliphatic rings. The molecule has 0 atom stereocenters. The summed E-state index contributed by atoms with van der Waals surface area (Å²) in [5.74, 6) is -0.393. The van der Waals surface area contributed by atoms with Crippen molar-refractivity contribution in [3.05, 3.63) is 58.8 Å². The number of ketones is 1. The monoisotopic (exact) mass is 399 g/mol. The van der Waals surface area contributed by atoms with Crippen LogP contribution < -0.4 is 4.31 Å². The number of carbonyl (C=O) groups is 2. The number of sulfonamides is 1. The van der Waals surface area contributed by atoms with Crippen LogP contribution in [0.2, 0.25) is 0 Å².